The number of nitrogens with zero attached hydrogens (tertiary/aromatic N) is 1. The molecule has 0 aliphatic heterocycles. The highest BCUT2D eigenvalue weighted by Gasteiger charge is 2.19. The van der Waals surface area contributed by atoms with E-state index in [1.54, 1.807) is 18.2 Å². The third-order valence-corrected chi connectivity index (χ3v) is 3.63. The Kier molecular flexibility index (Phi) is 7.32. The van der Waals surface area contributed by atoms with Crippen molar-refractivity contribution in [1.29, 1.82) is 0 Å². The molecule has 0 saturated carbocycles. The quantitative estimate of drug-likeness (QED) is 0.530. The monoisotopic (exact) mass is 387 g/mol. The Morgan fingerprint density at radius 3 is 2.36 bits per heavy atom. The van der Waals surface area contributed by atoms with Gasteiger partial charge in [-0.2, -0.15) is 0 Å². The van der Waals surface area contributed by atoms with Gasteiger partial charge in [-0.05, 0) is 37.6 Å². The molecule has 9 heteroatoms. The summed E-state index contributed by atoms with van der Waals surface area (Å²) in [5.74, 6) is -0.155. The first-order chi connectivity index (χ1) is 13.5. The molecule has 0 atom stereocenters. The number of hydrogen-bond donors (Lipinski definition) is 2. The number of rotatable bonds is 8. The van der Waals surface area contributed by atoms with Gasteiger partial charge in [-0.3, -0.25) is 30.6 Å². The van der Waals surface area contributed by atoms with E-state index < -0.39 is 16.7 Å². The summed E-state index contributed by atoms with van der Waals surface area (Å²) in [4.78, 5) is 34.6. The zero-order valence-electron chi connectivity index (χ0n) is 15.6. The van der Waals surface area contributed by atoms with Gasteiger partial charge in [0.15, 0.2) is 11.5 Å². The SMILES string of the molecule is CCOc1ccc(CC(=O)NNC(=O)c2ccccc2[N+](=O)[O-])cc1OCC. The largest absolute Gasteiger partial charge is 0.490 e. The van der Waals surface area contributed by atoms with E-state index in [-0.39, 0.29) is 17.7 Å². The van der Waals surface area contributed by atoms with Crippen molar-refractivity contribution >= 4 is 17.5 Å². The predicted octanol–water partition coefficient (Wildman–Crippen LogP) is 2.40. The van der Waals surface area contributed by atoms with Crippen molar-refractivity contribution in [1.82, 2.24) is 10.9 Å². The van der Waals surface area contributed by atoms with Crippen LogP contribution in [0.3, 0.4) is 0 Å². The van der Waals surface area contributed by atoms with E-state index in [0.717, 1.165) is 0 Å². The maximum Gasteiger partial charge on any atom is 0.282 e. The molecule has 2 rings (SSSR count). The number of nitrogens with one attached hydrogen (secondary N) is 2. The normalized spacial score (nSPS) is 10.1. The third-order valence-electron chi connectivity index (χ3n) is 3.63. The number of nitro groups is 1. The maximum absolute atomic E-state index is 12.1. The van der Waals surface area contributed by atoms with Crippen LogP contribution in [0.25, 0.3) is 0 Å². The lowest BCUT2D eigenvalue weighted by atomic mass is 10.1. The zero-order chi connectivity index (χ0) is 20.5. The van der Waals surface area contributed by atoms with Crippen LogP contribution in [0, 0.1) is 10.1 Å². The minimum absolute atomic E-state index is 0.0242. The Bertz CT molecular complexity index is 868. The zero-order valence-corrected chi connectivity index (χ0v) is 15.6. The molecule has 0 bridgehead atoms. The first kappa shape index (κ1) is 20.7. The van der Waals surface area contributed by atoms with Crippen LogP contribution >= 0.6 is 0 Å². The number of carbonyl (C=O) groups is 2. The third kappa shape index (κ3) is 5.44. The molecule has 9 nitrogen and oxygen atoms in total. The second-order valence-corrected chi connectivity index (χ2v) is 5.60. The summed E-state index contributed by atoms with van der Waals surface area (Å²) in [6.07, 6.45) is -0.0242. The van der Waals surface area contributed by atoms with Crippen LogP contribution in [-0.4, -0.2) is 30.0 Å². The highest BCUT2D eigenvalue weighted by atomic mass is 16.6. The fraction of sp³-hybridized carbons (Fsp3) is 0.263. The van der Waals surface area contributed by atoms with Gasteiger partial charge in [0.1, 0.15) is 5.56 Å². The van der Waals surface area contributed by atoms with Crippen LogP contribution in [0.2, 0.25) is 0 Å². The molecule has 0 aliphatic carbocycles. The number of para-hydroxylation sites is 1. The average Bonchev–Trinajstić information content (AvgIpc) is 2.68. The van der Waals surface area contributed by atoms with Gasteiger partial charge >= 0.3 is 0 Å². The van der Waals surface area contributed by atoms with Crippen molar-refractivity contribution in [3.8, 4) is 11.5 Å². The smallest absolute Gasteiger partial charge is 0.282 e. The van der Waals surface area contributed by atoms with Crippen LogP contribution in [0.5, 0.6) is 11.5 Å². The molecule has 0 fully saturated rings. The van der Waals surface area contributed by atoms with Gasteiger partial charge < -0.3 is 9.47 Å². The van der Waals surface area contributed by atoms with Crippen LogP contribution in [-0.2, 0) is 11.2 Å². The standard InChI is InChI=1S/C19H21N3O6/c1-3-27-16-10-9-13(11-17(16)28-4-2)12-18(23)20-21-19(24)14-7-5-6-8-15(14)22(25)26/h5-11H,3-4,12H2,1-2H3,(H,20,23)(H,21,24). The summed E-state index contributed by atoms with van der Waals surface area (Å²) in [5, 5.41) is 11.0. The van der Waals surface area contributed by atoms with Crippen LogP contribution in [0.15, 0.2) is 42.5 Å². The summed E-state index contributed by atoms with van der Waals surface area (Å²) in [6, 6.07) is 10.6. The van der Waals surface area contributed by atoms with Gasteiger partial charge in [0, 0.05) is 6.07 Å². The van der Waals surface area contributed by atoms with Crippen molar-refractivity contribution in [3.05, 3.63) is 63.7 Å². The summed E-state index contributed by atoms with van der Waals surface area (Å²) in [6.45, 7) is 4.63. The number of benzene rings is 2. The lowest BCUT2D eigenvalue weighted by molar-refractivity contribution is -0.385. The van der Waals surface area contributed by atoms with Crippen molar-refractivity contribution < 1.29 is 24.0 Å². The van der Waals surface area contributed by atoms with Gasteiger partial charge in [0.25, 0.3) is 11.6 Å². The van der Waals surface area contributed by atoms with Crippen molar-refractivity contribution in [2.45, 2.75) is 20.3 Å². The predicted molar refractivity (Wildman–Crippen MR) is 101 cm³/mol. The molecule has 2 aromatic carbocycles. The summed E-state index contributed by atoms with van der Waals surface area (Å²) in [7, 11) is 0. The maximum atomic E-state index is 12.1. The molecule has 0 unspecified atom stereocenters. The van der Waals surface area contributed by atoms with Gasteiger partial charge in [0.2, 0.25) is 5.91 Å². The molecule has 0 spiro atoms. The molecule has 0 heterocycles. The van der Waals surface area contributed by atoms with Crippen molar-refractivity contribution in [2.75, 3.05) is 13.2 Å². The molecule has 148 valence electrons. The van der Waals surface area contributed by atoms with E-state index >= 15 is 0 Å². The number of carbonyl (C=O) groups excluding carboxylic acids is 2. The molecular weight excluding hydrogens is 366 g/mol. The number of hydrazine groups is 1. The molecule has 0 aliphatic rings. The number of amides is 2. The first-order valence-corrected chi connectivity index (χ1v) is 8.67. The Hall–Kier alpha value is -3.62. The lowest BCUT2D eigenvalue weighted by Gasteiger charge is -2.12. The van der Waals surface area contributed by atoms with E-state index in [1.807, 2.05) is 13.8 Å². The molecule has 2 N–H and O–H groups in total. The topological polar surface area (TPSA) is 120 Å². The van der Waals surface area contributed by atoms with Crippen LogP contribution < -0.4 is 20.3 Å². The van der Waals surface area contributed by atoms with E-state index in [0.29, 0.717) is 30.3 Å². The van der Waals surface area contributed by atoms with Crippen molar-refractivity contribution in [3.63, 3.8) is 0 Å². The Morgan fingerprint density at radius 2 is 1.68 bits per heavy atom. The van der Waals surface area contributed by atoms with Crippen LogP contribution in [0.4, 0.5) is 5.69 Å². The summed E-state index contributed by atoms with van der Waals surface area (Å²) in [5.41, 5.74) is 4.61. The second kappa shape index (κ2) is 9.91. The number of nitro benzene ring substituents is 1. The second-order valence-electron chi connectivity index (χ2n) is 5.60. The van der Waals surface area contributed by atoms with Gasteiger partial charge in [-0.1, -0.05) is 18.2 Å². The van der Waals surface area contributed by atoms with Crippen molar-refractivity contribution in [2.24, 2.45) is 0 Å². The van der Waals surface area contributed by atoms with Gasteiger partial charge in [0.05, 0.1) is 24.6 Å². The first-order valence-electron chi connectivity index (χ1n) is 8.67. The average molecular weight is 387 g/mol. The lowest BCUT2D eigenvalue weighted by Crippen LogP contribution is -2.42. The number of hydrogen-bond acceptors (Lipinski definition) is 6. The molecular formula is C19H21N3O6. The summed E-state index contributed by atoms with van der Waals surface area (Å²) < 4.78 is 11.0. The van der Waals surface area contributed by atoms with Gasteiger partial charge in [-0.15, -0.1) is 0 Å². The van der Waals surface area contributed by atoms with E-state index in [9.17, 15) is 19.7 Å². The minimum atomic E-state index is -0.776. The molecule has 0 aromatic heterocycles. The highest BCUT2D eigenvalue weighted by molar-refractivity contribution is 5.99. The highest BCUT2D eigenvalue weighted by Crippen LogP contribution is 2.28. The van der Waals surface area contributed by atoms with E-state index in [2.05, 4.69) is 10.9 Å². The van der Waals surface area contributed by atoms with Crippen LogP contribution in [0.1, 0.15) is 29.8 Å². The fourth-order valence-electron chi connectivity index (χ4n) is 2.45. The number of ether oxygens (including phenoxy) is 2. The Balaban J connectivity index is 2.00. The Morgan fingerprint density at radius 1 is 1.00 bits per heavy atom. The molecule has 28 heavy (non-hydrogen) atoms. The Labute approximate surface area is 161 Å². The van der Waals surface area contributed by atoms with Gasteiger partial charge in [-0.25, -0.2) is 0 Å². The van der Waals surface area contributed by atoms with E-state index in [4.69, 9.17) is 9.47 Å². The summed E-state index contributed by atoms with van der Waals surface area (Å²) >= 11 is 0. The molecule has 2 aromatic rings. The van der Waals surface area contributed by atoms with E-state index in [1.165, 1.54) is 24.3 Å². The fourth-order valence-corrected chi connectivity index (χ4v) is 2.45. The molecule has 0 saturated heterocycles. The molecule has 0 radical (unpaired) electrons. The molecule has 2 amide bonds. The minimum Gasteiger partial charge on any atom is -0.490 e.